The van der Waals surface area contributed by atoms with Crippen LogP contribution in [-0.4, -0.2) is 30.3 Å². The molecule has 0 saturated heterocycles. The minimum Gasteiger partial charge on any atom is -0.394 e. The second kappa shape index (κ2) is 5.30. The first-order valence-corrected chi connectivity index (χ1v) is 6.79. The lowest BCUT2D eigenvalue weighted by Crippen LogP contribution is -2.30. The Morgan fingerprint density at radius 1 is 1.33 bits per heavy atom. The van der Waals surface area contributed by atoms with Crippen molar-refractivity contribution in [3.63, 3.8) is 0 Å². The molecule has 0 fully saturated rings. The minimum absolute atomic E-state index is 0.0388. The molecule has 0 aliphatic rings. The van der Waals surface area contributed by atoms with Gasteiger partial charge in [0, 0.05) is 6.20 Å². The van der Waals surface area contributed by atoms with Crippen molar-refractivity contribution in [3.05, 3.63) is 48.3 Å². The summed E-state index contributed by atoms with van der Waals surface area (Å²) in [5, 5.41) is 15.3. The van der Waals surface area contributed by atoms with Crippen LogP contribution >= 0.6 is 0 Å². The molecule has 1 heterocycles. The largest absolute Gasteiger partial charge is 0.394 e. The third kappa shape index (κ3) is 2.76. The van der Waals surface area contributed by atoms with E-state index in [0.29, 0.717) is 5.56 Å². The van der Waals surface area contributed by atoms with Gasteiger partial charge in [0.15, 0.2) is 0 Å². The Kier molecular flexibility index (Phi) is 3.75. The standard InChI is InChI=1S/C11H13N3O3S/c15-8-11(9-4-2-1-3-5-9)14-18(16,17)10-6-12-13-7-10/h1-7,11,14-15H,8H2,(H,12,13)/t11-/m0/s1. The van der Waals surface area contributed by atoms with Crippen LogP contribution < -0.4 is 4.72 Å². The van der Waals surface area contributed by atoms with Gasteiger partial charge in [-0.2, -0.15) is 5.10 Å². The fourth-order valence-corrected chi connectivity index (χ4v) is 2.66. The molecule has 0 unspecified atom stereocenters. The number of aliphatic hydroxyl groups excluding tert-OH is 1. The average molecular weight is 267 g/mol. The Balaban J connectivity index is 2.22. The first-order valence-electron chi connectivity index (χ1n) is 5.30. The highest BCUT2D eigenvalue weighted by molar-refractivity contribution is 7.89. The molecule has 3 N–H and O–H groups in total. The van der Waals surface area contributed by atoms with E-state index in [1.807, 2.05) is 6.07 Å². The molecule has 0 bridgehead atoms. The zero-order valence-corrected chi connectivity index (χ0v) is 10.3. The van der Waals surface area contributed by atoms with Crippen molar-refractivity contribution in [1.29, 1.82) is 0 Å². The molecule has 1 aromatic heterocycles. The van der Waals surface area contributed by atoms with Gasteiger partial charge in [-0.3, -0.25) is 5.10 Å². The first kappa shape index (κ1) is 12.7. The van der Waals surface area contributed by atoms with Crippen LogP contribution in [0.15, 0.2) is 47.6 Å². The monoisotopic (exact) mass is 267 g/mol. The lowest BCUT2D eigenvalue weighted by atomic mass is 10.1. The van der Waals surface area contributed by atoms with Crippen LogP contribution in [0.1, 0.15) is 11.6 Å². The van der Waals surface area contributed by atoms with Gasteiger partial charge in [0.05, 0.1) is 18.8 Å². The van der Waals surface area contributed by atoms with Gasteiger partial charge in [0.2, 0.25) is 10.0 Å². The van der Waals surface area contributed by atoms with Crippen LogP contribution in [0, 0.1) is 0 Å². The number of sulfonamides is 1. The second-order valence-electron chi connectivity index (χ2n) is 3.70. The number of nitrogens with zero attached hydrogens (tertiary/aromatic N) is 1. The van der Waals surface area contributed by atoms with Crippen molar-refractivity contribution < 1.29 is 13.5 Å². The summed E-state index contributed by atoms with van der Waals surface area (Å²) in [6.45, 7) is -0.318. The number of hydrogen-bond donors (Lipinski definition) is 3. The molecule has 2 aromatic rings. The van der Waals surface area contributed by atoms with Crippen LogP contribution in [0.2, 0.25) is 0 Å². The van der Waals surface area contributed by atoms with Gasteiger partial charge < -0.3 is 5.11 Å². The number of nitrogens with one attached hydrogen (secondary N) is 2. The number of aromatic nitrogens is 2. The molecule has 0 aliphatic heterocycles. The molecule has 1 aromatic carbocycles. The summed E-state index contributed by atoms with van der Waals surface area (Å²) in [6, 6.07) is 8.21. The van der Waals surface area contributed by atoms with E-state index >= 15 is 0 Å². The van der Waals surface area contributed by atoms with Gasteiger partial charge in [-0.15, -0.1) is 0 Å². The van der Waals surface area contributed by atoms with Crippen LogP contribution in [0.3, 0.4) is 0 Å². The summed E-state index contributed by atoms with van der Waals surface area (Å²) < 4.78 is 26.3. The van der Waals surface area contributed by atoms with Gasteiger partial charge in [-0.25, -0.2) is 13.1 Å². The van der Waals surface area contributed by atoms with Crippen molar-refractivity contribution in [2.45, 2.75) is 10.9 Å². The maximum atomic E-state index is 12.0. The summed E-state index contributed by atoms with van der Waals surface area (Å²) in [5.41, 5.74) is 0.701. The molecule has 2 rings (SSSR count). The van der Waals surface area contributed by atoms with E-state index in [-0.39, 0.29) is 11.5 Å². The van der Waals surface area contributed by atoms with E-state index in [0.717, 1.165) is 0 Å². The van der Waals surface area contributed by atoms with Gasteiger partial charge in [0.1, 0.15) is 4.90 Å². The highest BCUT2D eigenvalue weighted by Gasteiger charge is 2.21. The van der Waals surface area contributed by atoms with E-state index in [1.54, 1.807) is 24.3 Å². The quantitative estimate of drug-likeness (QED) is 0.731. The van der Waals surface area contributed by atoms with Crippen LogP contribution in [0.5, 0.6) is 0 Å². The van der Waals surface area contributed by atoms with E-state index in [9.17, 15) is 13.5 Å². The number of benzene rings is 1. The van der Waals surface area contributed by atoms with Gasteiger partial charge >= 0.3 is 0 Å². The number of H-pyrrole nitrogens is 1. The lowest BCUT2D eigenvalue weighted by Gasteiger charge is -2.15. The average Bonchev–Trinajstić information content (AvgIpc) is 2.92. The molecular formula is C11H13N3O3S. The molecule has 1 atom stereocenters. The number of hydrogen-bond acceptors (Lipinski definition) is 4. The normalized spacial score (nSPS) is 13.4. The summed E-state index contributed by atoms with van der Waals surface area (Å²) in [6.07, 6.45) is 2.49. The van der Waals surface area contributed by atoms with E-state index in [1.165, 1.54) is 12.4 Å². The number of aromatic amines is 1. The summed E-state index contributed by atoms with van der Waals surface area (Å²) in [5.74, 6) is 0. The first-order chi connectivity index (χ1) is 8.63. The van der Waals surface area contributed by atoms with Crippen LogP contribution in [-0.2, 0) is 10.0 Å². The SMILES string of the molecule is O=S(=O)(N[C@@H](CO)c1ccccc1)c1cn[nH]c1. The van der Waals surface area contributed by atoms with E-state index in [4.69, 9.17) is 0 Å². The molecule has 0 spiro atoms. The zero-order valence-electron chi connectivity index (χ0n) is 9.45. The van der Waals surface area contributed by atoms with E-state index < -0.39 is 16.1 Å². The number of rotatable bonds is 5. The predicted octanol–water partition coefficient (Wildman–Crippen LogP) is 0.422. The molecule has 6 nitrogen and oxygen atoms in total. The van der Waals surface area contributed by atoms with Gasteiger partial charge in [-0.05, 0) is 5.56 Å². The van der Waals surface area contributed by atoms with Crippen molar-refractivity contribution in [2.75, 3.05) is 6.61 Å². The van der Waals surface area contributed by atoms with Crippen molar-refractivity contribution in [1.82, 2.24) is 14.9 Å². The third-order valence-corrected chi connectivity index (χ3v) is 3.90. The lowest BCUT2D eigenvalue weighted by molar-refractivity contribution is 0.259. The fraction of sp³-hybridized carbons (Fsp3) is 0.182. The number of aliphatic hydroxyl groups is 1. The highest BCUT2D eigenvalue weighted by Crippen LogP contribution is 2.15. The molecular weight excluding hydrogens is 254 g/mol. The Morgan fingerprint density at radius 2 is 2.06 bits per heavy atom. The van der Waals surface area contributed by atoms with Crippen LogP contribution in [0.25, 0.3) is 0 Å². The van der Waals surface area contributed by atoms with Gasteiger partial charge in [-0.1, -0.05) is 30.3 Å². The Morgan fingerprint density at radius 3 is 2.61 bits per heavy atom. The van der Waals surface area contributed by atoms with Crippen LogP contribution in [0.4, 0.5) is 0 Å². The molecule has 0 radical (unpaired) electrons. The summed E-state index contributed by atoms with van der Waals surface area (Å²) >= 11 is 0. The Labute approximate surface area is 105 Å². The zero-order chi connectivity index (χ0) is 13.0. The maximum absolute atomic E-state index is 12.0. The molecule has 96 valence electrons. The topological polar surface area (TPSA) is 95.1 Å². The Hall–Kier alpha value is -1.70. The maximum Gasteiger partial charge on any atom is 0.244 e. The smallest absolute Gasteiger partial charge is 0.244 e. The molecule has 0 saturated carbocycles. The molecule has 18 heavy (non-hydrogen) atoms. The Bertz CT molecular complexity index is 581. The van der Waals surface area contributed by atoms with Gasteiger partial charge in [0.25, 0.3) is 0 Å². The summed E-state index contributed by atoms with van der Waals surface area (Å²) in [4.78, 5) is 0.0388. The molecule has 7 heteroatoms. The minimum atomic E-state index is -3.68. The molecule has 0 aliphatic carbocycles. The second-order valence-corrected chi connectivity index (χ2v) is 5.42. The molecule has 0 amide bonds. The van der Waals surface area contributed by atoms with Crippen molar-refractivity contribution >= 4 is 10.0 Å². The summed E-state index contributed by atoms with van der Waals surface area (Å²) in [7, 11) is -3.68. The van der Waals surface area contributed by atoms with E-state index in [2.05, 4.69) is 14.9 Å². The van der Waals surface area contributed by atoms with Crippen molar-refractivity contribution in [3.8, 4) is 0 Å². The predicted molar refractivity (Wildman–Crippen MR) is 65.2 cm³/mol. The van der Waals surface area contributed by atoms with Crippen molar-refractivity contribution in [2.24, 2.45) is 0 Å². The highest BCUT2D eigenvalue weighted by atomic mass is 32.2. The third-order valence-electron chi connectivity index (χ3n) is 2.47. The fourth-order valence-electron chi connectivity index (χ4n) is 1.54.